The van der Waals surface area contributed by atoms with E-state index < -0.39 is 30.1 Å². The van der Waals surface area contributed by atoms with Gasteiger partial charge in [-0.1, -0.05) is 0 Å². The van der Waals surface area contributed by atoms with Crippen molar-refractivity contribution in [3.8, 4) is 0 Å². The Balaban J connectivity index is 1.80. The average Bonchev–Trinajstić information content (AvgIpc) is 3.13. The lowest BCUT2D eigenvalue weighted by molar-refractivity contribution is -0.108. The van der Waals surface area contributed by atoms with Gasteiger partial charge in [0.15, 0.2) is 23.2 Å². The van der Waals surface area contributed by atoms with Gasteiger partial charge in [0.2, 0.25) is 0 Å². The molecule has 4 rings (SSSR count). The fourth-order valence-corrected chi connectivity index (χ4v) is 3.17. The molecule has 9 nitrogen and oxygen atoms in total. The molecule has 10 heteroatoms. The fraction of sp³-hybridized carbons (Fsp3) is 0.583. The summed E-state index contributed by atoms with van der Waals surface area (Å²) in [5, 5.41) is 20.1. The fourth-order valence-electron chi connectivity index (χ4n) is 3.17. The Hall–Kier alpha value is -1.88. The van der Waals surface area contributed by atoms with Gasteiger partial charge in [-0.15, -0.1) is 0 Å². The second-order valence-electron chi connectivity index (χ2n) is 5.47. The van der Waals surface area contributed by atoms with Crippen LogP contribution in [0, 0.1) is 6.08 Å². The molecule has 2 aliphatic rings. The molecule has 0 amide bonds. The highest BCUT2D eigenvalue weighted by atomic mass is 19.1. The van der Waals surface area contributed by atoms with E-state index in [1.807, 2.05) is 0 Å². The first-order valence-electron chi connectivity index (χ1n) is 6.79. The SMILES string of the molecule is Nc1nc(F)nc2c1ncn2[C@@H]1O[C@@]2(CO)CCO[C@H]2[C@H]1O. The smallest absolute Gasteiger partial charge is 0.312 e. The third-order valence-corrected chi connectivity index (χ3v) is 4.26. The molecule has 2 aromatic rings. The summed E-state index contributed by atoms with van der Waals surface area (Å²) in [7, 11) is 0. The predicted octanol–water partition coefficient (Wildman–Crippen LogP) is -1.04. The third kappa shape index (κ3) is 1.69. The number of hydrogen-bond donors (Lipinski definition) is 3. The van der Waals surface area contributed by atoms with Crippen LogP contribution in [-0.2, 0) is 9.47 Å². The molecule has 22 heavy (non-hydrogen) atoms. The van der Waals surface area contributed by atoms with Gasteiger partial charge in [-0.2, -0.15) is 14.4 Å². The van der Waals surface area contributed by atoms with Gasteiger partial charge in [0, 0.05) is 6.42 Å². The molecule has 0 aromatic carbocycles. The third-order valence-electron chi connectivity index (χ3n) is 4.26. The summed E-state index contributed by atoms with van der Waals surface area (Å²) < 4.78 is 26.1. The van der Waals surface area contributed by atoms with Gasteiger partial charge in [-0.3, -0.25) is 4.57 Å². The minimum Gasteiger partial charge on any atom is -0.393 e. The lowest BCUT2D eigenvalue weighted by atomic mass is 9.95. The molecule has 118 valence electrons. The zero-order chi connectivity index (χ0) is 15.5. The molecule has 4 heterocycles. The maximum atomic E-state index is 13.4. The molecule has 4 atom stereocenters. The van der Waals surface area contributed by atoms with Crippen LogP contribution in [0.25, 0.3) is 11.2 Å². The lowest BCUT2D eigenvalue weighted by Crippen LogP contribution is -2.42. The first-order chi connectivity index (χ1) is 10.6. The lowest BCUT2D eigenvalue weighted by Gasteiger charge is -2.24. The van der Waals surface area contributed by atoms with Crippen molar-refractivity contribution in [1.29, 1.82) is 0 Å². The van der Waals surface area contributed by atoms with Crippen LogP contribution < -0.4 is 5.73 Å². The zero-order valence-corrected chi connectivity index (χ0v) is 11.4. The average molecular weight is 311 g/mol. The number of nitrogens with zero attached hydrogens (tertiary/aromatic N) is 4. The second-order valence-corrected chi connectivity index (χ2v) is 5.47. The maximum Gasteiger partial charge on any atom is 0.312 e. The largest absolute Gasteiger partial charge is 0.393 e. The number of nitrogen functional groups attached to an aromatic ring is 1. The summed E-state index contributed by atoms with van der Waals surface area (Å²) >= 11 is 0. The number of aliphatic hydroxyl groups excluding tert-OH is 2. The summed E-state index contributed by atoms with van der Waals surface area (Å²) in [6.45, 7) is 0.104. The van der Waals surface area contributed by atoms with Crippen LogP contribution in [0.1, 0.15) is 12.6 Å². The molecule has 4 N–H and O–H groups in total. The minimum absolute atomic E-state index is 0.0953. The second kappa shape index (κ2) is 4.56. The molecular weight excluding hydrogens is 297 g/mol. The van der Waals surface area contributed by atoms with E-state index in [1.165, 1.54) is 10.9 Å². The van der Waals surface area contributed by atoms with E-state index in [-0.39, 0.29) is 23.6 Å². The van der Waals surface area contributed by atoms with E-state index in [2.05, 4.69) is 15.0 Å². The van der Waals surface area contributed by atoms with Gasteiger partial charge >= 0.3 is 6.08 Å². The van der Waals surface area contributed by atoms with Gasteiger partial charge in [0.25, 0.3) is 0 Å². The highest BCUT2D eigenvalue weighted by Gasteiger charge is 2.59. The maximum absolute atomic E-state index is 13.4. The molecule has 2 saturated heterocycles. The van der Waals surface area contributed by atoms with Crippen molar-refractivity contribution in [2.24, 2.45) is 0 Å². The number of imidazole rings is 1. The summed E-state index contributed by atoms with van der Waals surface area (Å²) in [4.78, 5) is 11.1. The van der Waals surface area contributed by atoms with Crippen LogP contribution in [-0.4, -0.2) is 60.8 Å². The Morgan fingerprint density at radius 2 is 2.32 bits per heavy atom. The standard InChI is InChI=1S/C12H14FN5O4/c13-11-16-8(14)5-9(17-11)18(4-15-5)10-6(20)7-12(3-19,22-10)1-2-21-7/h4,6-7,10,19-20H,1-3H2,(H2,14,16,17)/t6-,7+,10-,12-/m1/s1. The van der Waals surface area contributed by atoms with Crippen molar-refractivity contribution in [3.63, 3.8) is 0 Å². The van der Waals surface area contributed by atoms with Crippen molar-refractivity contribution in [2.45, 2.75) is 30.5 Å². The Labute approximate surface area is 123 Å². The van der Waals surface area contributed by atoms with Crippen molar-refractivity contribution < 1.29 is 24.1 Å². The quantitative estimate of drug-likeness (QED) is 0.600. The molecule has 0 spiro atoms. The van der Waals surface area contributed by atoms with Gasteiger partial charge < -0.3 is 25.4 Å². The Morgan fingerprint density at radius 1 is 1.50 bits per heavy atom. The molecule has 0 saturated carbocycles. The number of rotatable bonds is 2. The van der Waals surface area contributed by atoms with Crippen LogP contribution in [0.3, 0.4) is 0 Å². The molecule has 2 fully saturated rings. The van der Waals surface area contributed by atoms with Crippen LogP contribution in [0.2, 0.25) is 0 Å². The summed E-state index contributed by atoms with van der Waals surface area (Å²) in [6, 6.07) is 0. The van der Waals surface area contributed by atoms with Gasteiger partial charge in [-0.05, 0) is 0 Å². The number of ether oxygens (including phenoxy) is 2. The van der Waals surface area contributed by atoms with Crippen molar-refractivity contribution in [1.82, 2.24) is 19.5 Å². The minimum atomic E-state index is -1.05. The van der Waals surface area contributed by atoms with E-state index in [0.29, 0.717) is 13.0 Å². The monoisotopic (exact) mass is 311 g/mol. The van der Waals surface area contributed by atoms with Crippen molar-refractivity contribution in [2.75, 3.05) is 18.9 Å². The summed E-state index contributed by atoms with van der Waals surface area (Å²) in [5.41, 5.74) is 4.97. The summed E-state index contributed by atoms with van der Waals surface area (Å²) in [5.74, 6) is -0.0953. The molecule has 0 radical (unpaired) electrons. The van der Waals surface area contributed by atoms with Crippen LogP contribution in [0.4, 0.5) is 10.2 Å². The number of hydrogen-bond acceptors (Lipinski definition) is 8. The van der Waals surface area contributed by atoms with Crippen molar-refractivity contribution >= 4 is 17.0 Å². The highest BCUT2D eigenvalue weighted by molar-refractivity contribution is 5.81. The molecule has 0 aliphatic carbocycles. The number of aliphatic hydroxyl groups is 2. The normalized spacial score (nSPS) is 34.4. The molecule has 2 aromatic heterocycles. The number of halogens is 1. The van der Waals surface area contributed by atoms with Crippen molar-refractivity contribution in [3.05, 3.63) is 12.4 Å². The highest BCUT2D eigenvalue weighted by Crippen LogP contribution is 2.45. The van der Waals surface area contributed by atoms with Gasteiger partial charge in [0.1, 0.15) is 17.8 Å². The predicted molar refractivity (Wildman–Crippen MR) is 70.0 cm³/mol. The van der Waals surface area contributed by atoms with Crippen LogP contribution in [0.5, 0.6) is 0 Å². The van der Waals surface area contributed by atoms with E-state index in [4.69, 9.17) is 15.2 Å². The topological polar surface area (TPSA) is 129 Å². The number of fused-ring (bicyclic) bond motifs is 2. The van der Waals surface area contributed by atoms with E-state index in [1.54, 1.807) is 0 Å². The summed E-state index contributed by atoms with van der Waals surface area (Å²) in [6.07, 6.45) is -1.81. The number of anilines is 1. The Kier molecular flexibility index (Phi) is 2.85. The molecular formula is C12H14FN5O4. The zero-order valence-electron chi connectivity index (χ0n) is 11.4. The molecule has 0 bridgehead atoms. The van der Waals surface area contributed by atoms with Crippen LogP contribution >= 0.6 is 0 Å². The van der Waals surface area contributed by atoms with Crippen LogP contribution in [0.15, 0.2) is 6.33 Å². The Morgan fingerprint density at radius 3 is 3.05 bits per heavy atom. The number of nitrogens with two attached hydrogens (primary N) is 1. The number of aromatic nitrogens is 4. The first-order valence-corrected chi connectivity index (χ1v) is 6.79. The van der Waals surface area contributed by atoms with E-state index in [0.717, 1.165) is 0 Å². The Bertz CT molecular complexity index is 740. The molecule has 0 unspecified atom stereocenters. The van der Waals surface area contributed by atoms with E-state index >= 15 is 0 Å². The van der Waals surface area contributed by atoms with E-state index in [9.17, 15) is 14.6 Å². The first kappa shape index (κ1) is 13.8. The van der Waals surface area contributed by atoms with Gasteiger partial charge in [-0.25, -0.2) is 4.98 Å². The van der Waals surface area contributed by atoms with Gasteiger partial charge in [0.05, 0.1) is 19.5 Å². The molecule has 2 aliphatic heterocycles.